The van der Waals surface area contributed by atoms with Crippen LogP contribution in [0, 0.1) is 11.8 Å². The van der Waals surface area contributed by atoms with Gasteiger partial charge in [-0.25, -0.2) is 4.79 Å². The summed E-state index contributed by atoms with van der Waals surface area (Å²) in [6.07, 6.45) is 1.84. The van der Waals surface area contributed by atoms with Crippen molar-refractivity contribution in [3.8, 4) is 11.8 Å². The highest BCUT2D eigenvalue weighted by molar-refractivity contribution is 5.95. The molecule has 0 fully saturated rings. The molecule has 29 heavy (non-hydrogen) atoms. The summed E-state index contributed by atoms with van der Waals surface area (Å²) >= 11 is 0. The van der Waals surface area contributed by atoms with Crippen molar-refractivity contribution in [3.63, 3.8) is 0 Å². The topological polar surface area (TPSA) is 59.8 Å². The highest BCUT2D eigenvalue weighted by Gasteiger charge is 2.36. The lowest BCUT2D eigenvalue weighted by Crippen LogP contribution is -2.49. The van der Waals surface area contributed by atoms with Gasteiger partial charge in [-0.2, -0.15) is 0 Å². The molecule has 5 nitrogen and oxygen atoms in total. The van der Waals surface area contributed by atoms with Gasteiger partial charge in [-0.05, 0) is 35.4 Å². The van der Waals surface area contributed by atoms with Gasteiger partial charge < -0.3 is 14.1 Å². The van der Waals surface area contributed by atoms with Crippen molar-refractivity contribution in [1.82, 2.24) is 4.90 Å². The van der Waals surface area contributed by atoms with Crippen LogP contribution in [0.4, 0.5) is 0 Å². The maximum atomic E-state index is 12.9. The Morgan fingerprint density at radius 2 is 1.76 bits per heavy atom. The van der Waals surface area contributed by atoms with E-state index in [9.17, 15) is 9.59 Å². The maximum absolute atomic E-state index is 12.9. The van der Waals surface area contributed by atoms with E-state index in [1.807, 2.05) is 54.6 Å². The van der Waals surface area contributed by atoms with Gasteiger partial charge in [0.1, 0.15) is 6.04 Å². The average molecular weight is 385 g/mol. The van der Waals surface area contributed by atoms with E-state index in [1.54, 1.807) is 12.1 Å². The highest BCUT2D eigenvalue weighted by Crippen LogP contribution is 2.26. The molecular formula is C24H19NO4. The summed E-state index contributed by atoms with van der Waals surface area (Å²) in [6, 6.07) is 19.8. The molecule has 0 radical (unpaired) electrons. The minimum absolute atomic E-state index is 0.0331. The molecule has 0 saturated carbocycles. The molecule has 0 bridgehead atoms. The van der Waals surface area contributed by atoms with Crippen LogP contribution in [0.5, 0.6) is 0 Å². The summed E-state index contributed by atoms with van der Waals surface area (Å²) in [7, 11) is 0. The van der Waals surface area contributed by atoms with Crippen molar-refractivity contribution >= 4 is 11.9 Å². The van der Waals surface area contributed by atoms with E-state index >= 15 is 0 Å². The summed E-state index contributed by atoms with van der Waals surface area (Å²) in [5.41, 5.74) is 2.90. The second-order valence-corrected chi connectivity index (χ2v) is 6.67. The Balaban J connectivity index is 1.50. The molecule has 0 aliphatic carbocycles. The van der Waals surface area contributed by atoms with E-state index in [1.165, 1.54) is 11.2 Å². The first kappa shape index (κ1) is 18.6. The predicted molar refractivity (Wildman–Crippen MR) is 107 cm³/mol. The molecule has 1 aliphatic rings. The molecule has 2 heterocycles. The summed E-state index contributed by atoms with van der Waals surface area (Å²) in [5, 5.41) is 0. The van der Waals surface area contributed by atoms with Gasteiger partial charge in [-0.15, -0.1) is 0 Å². The lowest BCUT2D eigenvalue weighted by molar-refractivity contribution is -0.148. The van der Waals surface area contributed by atoms with Crippen LogP contribution < -0.4 is 0 Å². The van der Waals surface area contributed by atoms with Crippen molar-refractivity contribution in [2.45, 2.75) is 19.0 Å². The number of amides is 1. The van der Waals surface area contributed by atoms with Gasteiger partial charge in [0.25, 0.3) is 5.91 Å². The van der Waals surface area contributed by atoms with Crippen molar-refractivity contribution in [3.05, 3.63) is 95.4 Å². The Labute approximate surface area is 168 Å². The normalized spacial score (nSPS) is 15.0. The summed E-state index contributed by atoms with van der Waals surface area (Å²) < 4.78 is 10.6. The SMILES string of the molecule is O=C(OCC#Cc1ccccc1)[C@H]1Cc2ccccc2CN1C(=O)c1ccco1. The molecule has 0 saturated heterocycles. The number of ether oxygens (including phenoxy) is 1. The first-order valence-corrected chi connectivity index (χ1v) is 9.34. The van der Waals surface area contributed by atoms with Crippen LogP contribution in [0.25, 0.3) is 0 Å². The quantitative estimate of drug-likeness (QED) is 0.512. The fourth-order valence-electron chi connectivity index (χ4n) is 3.35. The fourth-order valence-corrected chi connectivity index (χ4v) is 3.35. The van der Waals surface area contributed by atoms with E-state index < -0.39 is 12.0 Å². The Kier molecular flexibility index (Phi) is 5.44. The molecule has 5 heteroatoms. The van der Waals surface area contributed by atoms with Gasteiger partial charge in [0, 0.05) is 18.5 Å². The second-order valence-electron chi connectivity index (χ2n) is 6.67. The number of furan rings is 1. The molecule has 1 aliphatic heterocycles. The molecule has 1 atom stereocenters. The smallest absolute Gasteiger partial charge is 0.330 e. The van der Waals surface area contributed by atoms with Crippen molar-refractivity contribution < 1.29 is 18.7 Å². The van der Waals surface area contributed by atoms with E-state index in [4.69, 9.17) is 9.15 Å². The van der Waals surface area contributed by atoms with Crippen molar-refractivity contribution in [1.29, 1.82) is 0 Å². The van der Waals surface area contributed by atoms with E-state index in [-0.39, 0.29) is 18.3 Å². The Morgan fingerprint density at radius 1 is 1.00 bits per heavy atom. The summed E-state index contributed by atoms with van der Waals surface area (Å²) in [6.45, 7) is 0.291. The minimum Gasteiger partial charge on any atom is -0.459 e. The fraction of sp³-hybridized carbons (Fsp3) is 0.167. The molecule has 4 rings (SSSR count). The molecule has 1 amide bonds. The molecular weight excluding hydrogens is 366 g/mol. The van der Waals surface area contributed by atoms with Gasteiger partial charge in [-0.3, -0.25) is 4.79 Å². The van der Waals surface area contributed by atoms with Crippen molar-refractivity contribution in [2.24, 2.45) is 0 Å². The maximum Gasteiger partial charge on any atom is 0.330 e. The second kappa shape index (κ2) is 8.49. The Hall–Kier alpha value is -3.78. The third kappa shape index (κ3) is 4.22. The number of fused-ring (bicyclic) bond motifs is 1. The number of benzene rings is 2. The number of rotatable bonds is 3. The van der Waals surface area contributed by atoms with Crippen LogP contribution in [-0.2, 0) is 22.5 Å². The van der Waals surface area contributed by atoms with Crippen LogP contribution >= 0.6 is 0 Å². The standard InChI is InChI=1S/C24H19NO4/c26-23(22-13-7-14-28-22)25-17-20-12-5-4-11-19(20)16-21(25)24(27)29-15-6-10-18-8-2-1-3-9-18/h1-5,7-9,11-14,21H,15-17H2/t21-/m1/s1. The number of nitrogens with zero attached hydrogens (tertiary/aromatic N) is 1. The van der Waals surface area contributed by atoms with Crippen LogP contribution in [0.3, 0.4) is 0 Å². The summed E-state index contributed by atoms with van der Waals surface area (Å²) in [5.74, 6) is 5.20. The summed E-state index contributed by atoms with van der Waals surface area (Å²) in [4.78, 5) is 27.2. The molecule has 144 valence electrons. The molecule has 2 aromatic carbocycles. The van der Waals surface area contributed by atoms with Gasteiger partial charge in [0.15, 0.2) is 12.4 Å². The highest BCUT2D eigenvalue weighted by atomic mass is 16.5. The van der Waals surface area contributed by atoms with Gasteiger partial charge in [-0.1, -0.05) is 54.3 Å². The van der Waals surface area contributed by atoms with Crippen LogP contribution in [0.2, 0.25) is 0 Å². The predicted octanol–water partition coefficient (Wildman–Crippen LogP) is 3.44. The van der Waals surface area contributed by atoms with Gasteiger partial charge in [0.2, 0.25) is 0 Å². The molecule has 3 aromatic rings. The first-order chi connectivity index (χ1) is 14.2. The molecule has 0 N–H and O–H groups in total. The van der Waals surface area contributed by atoms with E-state index in [0.717, 1.165) is 16.7 Å². The Morgan fingerprint density at radius 3 is 2.52 bits per heavy atom. The zero-order valence-electron chi connectivity index (χ0n) is 15.7. The van der Waals surface area contributed by atoms with Gasteiger partial charge >= 0.3 is 5.97 Å². The number of hydrogen-bond acceptors (Lipinski definition) is 4. The molecule has 0 unspecified atom stereocenters. The lowest BCUT2D eigenvalue weighted by atomic mass is 9.93. The zero-order chi connectivity index (χ0) is 20.1. The Bertz CT molecular complexity index is 1060. The number of carbonyl (C=O) groups is 2. The average Bonchev–Trinajstić information content (AvgIpc) is 3.31. The van der Waals surface area contributed by atoms with Crippen molar-refractivity contribution in [2.75, 3.05) is 6.61 Å². The number of hydrogen-bond donors (Lipinski definition) is 0. The third-order valence-electron chi connectivity index (χ3n) is 4.81. The van der Waals surface area contributed by atoms with Crippen LogP contribution in [-0.4, -0.2) is 29.4 Å². The van der Waals surface area contributed by atoms with Gasteiger partial charge in [0.05, 0.1) is 6.26 Å². The minimum atomic E-state index is -0.721. The largest absolute Gasteiger partial charge is 0.459 e. The lowest BCUT2D eigenvalue weighted by Gasteiger charge is -2.34. The monoisotopic (exact) mass is 385 g/mol. The van der Waals surface area contributed by atoms with E-state index in [0.29, 0.717) is 13.0 Å². The first-order valence-electron chi connectivity index (χ1n) is 9.34. The molecule has 1 aromatic heterocycles. The number of carbonyl (C=O) groups excluding carboxylic acids is 2. The number of esters is 1. The van der Waals surface area contributed by atoms with E-state index in [2.05, 4.69) is 11.8 Å². The van der Waals surface area contributed by atoms with Crippen LogP contribution in [0.1, 0.15) is 27.2 Å². The zero-order valence-corrected chi connectivity index (χ0v) is 15.7. The molecule has 0 spiro atoms. The van der Waals surface area contributed by atoms with Crippen LogP contribution in [0.15, 0.2) is 77.4 Å². The third-order valence-corrected chi connectivity index (χ3v) is 4.81.